The monoisotopic (exact) mass is 348 g/mol. The van der Waals surface area contributed by atoms with Crippen LogP contribution in [0.2, 0.25) is 0 Å². The van der Waals surface area contributed by atoms with Gasteiger partial charge in [0.1, 0.15) is 6.10 Å². The maximum absolute atomic E-state index is 12.6. The first kappa shape index (κ1) is 15.6. The number of ether oxygens (including phenoxy) is 2. The zero-order valence-corrected chi connectivity index (χ0v) is 13.6. The third-order valence-electron chi connectivity index (χ3n) is 5.50. The Labute approximate surface area is 144 Å². The van der Waals surface area contributed by atoms with Crippen LogP contribution < -0.4 is 0 Å². The Bertz CT molecular complexity index is 686. The molecule has 2 bridgehead atoms. The Balaban J connectivity index is 1.49. The van der Waals surface area contributed by atoms with E-state index in [0.29, 0.717) is 12.0 Å². The highest BCUT2D eigenvalue weighted by Gasteiger charge is 2.64. The lowest BCUT2D eigenvalue weighted by Crippen LogP contribution is -2.38. The average Bonchev–Trinajstić information content (AvgIpc) is 3.21. The highest BCUT2D eigenvalue weighted by molar-refractivity contribution is 6.21. The van der Waals surface area contributed by atoms with Gasteiger partial charge in [-0.3, -0.25) is 14.4 Å². The molecule has 24 heavy (non-hydrogen) atoms. The Morgan fingerprint density at radius 3 is 2.71 bits per heavy atom. The Morgan fingerprint density at radius 2 is 2.00 bits per heavy atom. The number of hydrogen-bond acceptors (Lipinski definition) is 5. The van der Waals surface area contributed by atoms with Gasteiger partial charge in [0.15, 0.2) is 6.10 Å². The van der Waals surface area contributed by atoms with Crippen LogP contribution in [0, 0.1) is 23.7 Å². The standard InChI is InChI=1S/C18H17ClO5/c19-8-13(16(20)9-4-2-1-3-5-9)24-17(21)14-10-6-11-12(7-10)23-18(22)15(11)14/h1-5,10-15H,6-8H2/t10-,11+,12-,13+,14+,15+/m1/s1. The number of halogens is 1. The van der Waals surface area contributed by atoms with E-state index in [-0.39, 0.29) is 35.6 Å². The summed E-state index contributed by atoms with van der Waals surface area (Å²) in [7, 11) is 0. The maximum atomic E-state index is 12.6. The molecule has 0 radical (unpaired) electrons. The van der Waals surface area contributed by atoms with Gasteiger partial charge in [0.05, 0.1) is 17.7 Å². The molecule has 1 heterocycles. The summed E-state index contributed by atoms with van der Waals surface area (Å²) in [4.78, 5) is 37.1. The van der Waals surface area contributed by atoms with Gasteiger partial charge >= 0.3 is 11.9 Å². The molecular formula is C18H17ClO5. The molecule has 6 heteroatoms. The van der Waals surface area contributed by atoms with Crippen LogP contribution in [0.3, 0.4) is 0 Å². The van der Waals surface area contributed by atoms with Crippen molar-refractivity contribution >= 4 is 29.3 Å². The van der Waals surface area contributed by atoms with Crippen LogP contribution in [0.1, 0.15) is 23.2 Å². The average molecular weight is 349 g/mol. The number of hydrogen-bond donors (Lipinski definition) is 0. The predicted octanol–water partition coefficient (Wildman–Crippen LogP) is 2.22. The molecule has 126 valence electrons. The van der Waals surface area contributed by atoms with Crippen LogP contribution in [-0.2, 0) is 19.1 Å². The molecule has 2 aliphatic carbocycles. The van der Waals surface area contributed by atoms with E-state index < -0.39 is 23.9 Å². The summed E-state index contributed by atoms with van der Waals surface area (Å²) in [6.07, 6.45) is 0.462. The second-order valence-corrected chi connectivity index (χ2v) is 7.04. The number of benzene rings is 1. The smallest absolute Gasteiger partial charge is 0.310 e. The molecular weight excluding hydrogens is 332 g/mol. The van der Waals surface area contributed by atoms with E-state index in [0.717, 1.165) is 6.42 Å². The van der Waals surface area contributed by atoms with Gasteiger partial charge in [0.25, 0.3) is 0 Å². The Morgan fingerprint density at radius 1 is 1.25 bits per heavy atom. The Kier molecular flexibility index (Phi) is 3.83. The van der Waals surface area contributed by atoms with Gasteiger partial charge in [-0.1, -0.05) is 30.3 Å². The van der Waals surface area contributed by atoms with E-state index in [1.54, 1.807) is 30.3 Å². The molecule has 1 saturated heterocycles. The van der Waals surface area contributed by atoms with Crippen LogP contribution in [-0.4, -0.2) is 35.8 Å². The minimum absolute atomic E-state index is 0.0358. The number of esters is 2. The van der Waals surface area contributed by atoms with Gasteiger partial charge in [-0.2, -0.15) is 0 Å². The van der Waals surface area contributed by atoms with Crippen molar-refractivity contribution in [3.8, 4) is 0 Å². The SMILES string of the molecule is O=C(O[C@@H](CCl)C(=O)c1ccccc1)[C@H]1[C@@H]2C[C@@H]3[C@@H]1C(=O)O[C@@H]3C2. The fourth-order valence-electron chi connectivity index (χ4n) is 4.49. The number of fused-ring (bicyclic) bond motifs is 1. The first-order chi connectivity index (χ1) is 11.6. The summed E-state index contributed by atoms with van der Waals surface area (Å²) in [5.74, 6) is -1.93. The minimum atomic E-state index is -1.03. The largest absolute Gasteiger partial charge is 0.462 e. The molecule has 1 aromatic carbocycles. The lowest BCUT2D eigenvalue weighted by molar-refractivity contribution is -0.157. The predicted molar refractivity (Wildman–Crippen MR) is 84.4 cm³/mol. The summed E-state index contributed by atoms with van der Waals surface area (Å²) in [5, 5.41) is 0. The number of carbonyl (C=O) groups is 3. The number of carbonyl (C=O) groups excluding carboxylic acids is 3. The number of ketones is 1. The van der Waals surface area contributed by atoms with Gasteiger partial charge < -0.3 is 9.47 Å². The van der Waals surface area contributed by atoms with Crippen molar-refractivity contribution < 1.29 is 23.9 Å². The van der Waals surface area contributed by atoms with Crippen LogP contribution in [0.4, 0.5) is 0 Å². The maximum Gasteiger partial charge on any atom is 0.310 e. The number of Topliss-reactive ketones (excluding diaryl/α,β-unsaturated/α-hetero) is 1. The van der Waals surface area contributed by atoms with Gasteiger partial charge in [-0.05, 0) is 18.8 Å². The molecule has 4 rings (SSSR count). The van der Waals surface area contributed by atoms with Crippen LogP contribution in [0.5, 0.6) is 0 Å². The quantitative estimate of drug-likeness (QED) is 0.463. The van der Waals surface area contributed by atoms with E-state index in [1.165, 1.54) is 0 Å². The van der Waals surface area contributed by atoms with Crippen LogP contribution in [0.15, 0.2) is 30.3 Å². The van der Waals surface area contributed by atoms with Crippen LogP contribution >= 0.6 is 11.6 Å². The first-order valence-corrected chi connectivity index (χ1v) is 8.70. The summed E-state index contributed by atoms with van der Waals surface area (Å²) in [6.45, 7) is 0. The molecule has 0 spiro atoms. The molecule has 1 aromatic rings. The van der Waals surface area contributed by atoms with Gasteiger partial charge in [-0.15, -0.1) is 11.6 Å². The van der Waals surface area contributed by atoms with E-state index in [9.17, 15) is 14.4 Å². The normalized spacial score (nSPS) is 34.0. The van der Waals surface area contributed by atoms with Gasteiger partial charge in [0, 0.05) is 11.5 Å². The highest BCUT2D eigenvalue weighted by Crippen LogP contribution is 2.58. The van der Waals surface area contributed by atoms with Crippen LogP contribution in [0.25, 0.3) is 0 Å². The third-order valence-corrected chi connectivity index (χ3v) is 5.78. The van der Waals surface area contributed by atoms with Crippen molar-refractivity contribution in [3.05, 3.63) is 35.9 Å². The third kappa shape index (κ3) is 2.34. The molecule has 2 saturated carbocycles. The lowest BCUT2D eigenvalue weighted by atomic mass is 9.80. The summed E-state index contributed by atoms with van der Waals surface area (Å²) >= 11 is 5.86. The van der Waals surface area contributed by atoms with E-state index in [2.05, 4.69) is 0 Å². The highest BCUT2D eigenvalue weighted by atomic mass is 35.5. The second-order valence-electron chi connectivity index (χ2n) is 6.73. The first-order valence-electron chi connectivity index (χ1n) is 8.16. The lowest BCUT2D eigenvalue weighted by Gasteiger charge is -2.24. The molecule has 0 unspecified atom stereocenters. The molecule has 5 nitrogen and oxygen atoms in total. The molecule has 0 amide bonds. The fraction of sp³-hybridized carbons (Fsp3) is 0.500. The van der Waals surface area contributed by atoms with Crippen molar-refractivity contribution in [1.29, 1.82) is 0 Å². The van der Waals surface area contributed by atoms with E-state index in [4.69, 9.17) is 21.1 Å². The van der Waals surface area contributed by atoms with Crippen molar-refractivity contribution in [3.63, 3.8) is 0 Å². The fourth-order valence-corrected chi connectivity index (χ4v) is 4.69. The number of alkyl halides is 1. The molecule has 0 aromatic heterocycles. The van der Waals surface area contributed by atoms with Crippen molar-refractivity contribution in [2.24, 2.45) is 23.7 Å². The molecule has 3 fully saturated rings. The van der Waals surface area contributed by atoms with Gasteiger partial charge in [-0.25, -0.2) is 0 Å². The molecule has 3 aliphatic rings. The second kappa shape index (κ2) is 5.88. The summed E-state index contributed by atoms with van der Waals surface area (Å²) in [6, 6.07) is 8.60. The van der Waals surface area contributed by atoms with Gasteiger partial charge in [0.2, 0.25) is 5.78 Å². The van der Waals surface area contributed by atoms with E-state index >= 15 is 0 Å². The van der Waals surface area contributed by atoms with E-state index in [1.807, 2.05) is 0 Å². The van der Waals surface area contributed by atoms with Crippen molar-refractivity contribution in [2.75, 3.05) is 5.88 Å². The molecule has 6 atom stereocenters. The molecule has 1 aliphatic heterocycles. The minimum Gasteiger partial charge on any atom is -0.462 e. The summed E-state index contributed by atoms with van der Waals surface area (Å²) < 4.78 is 10.8. The topological polar surface area (TPSA) is 69.7 Å². The number of rotatable bonds is 5. The van der Waals surface area contributed by atoms with Crippen molar-refractivity contribution in [1.82, 2.24) is 0 Å². The summed E-state index contributed by atoms with van der Waals surface area (Å²) in [5.41, 5.74) is 0.448. The zero-order chi connectivity index (χ0) is 16.8. The zero-order valence-electron chi connectivity index (χ0n) is 12.9. The van der Waals surface area contributed by atoms with Crippen molar-refractivity contribution in [2.45, 2.75) is 25.0 Å². The Hall–Kier alpha value is -1.88. The molecule has 0 N–H and O–H groups in total.